The first-order valence-corrected chi connectivity index (χ1v) is 11.4. The van der Waals surface area contributed by atoms with Crippen LogP contribution in [0.3, 0.4) is 0 Å². The Bertz CT molecular complexity index is 1120. The minimum absolute atomic E-state index is 0.0123. The van der Waals surface area contributed by atoms with E-state index in [9.17, 15) is 32.3 Å². The summed E-state index contributed by atoms with van der Waals surface area (Å²) in [4.78, 5) is 26.0. The normalized spacial score (nSPS) is 21.7. The molecule has 2 atom stereocenters. The van der Waals surface area contributed by atoms with E-state index >= 15 is 0 Å². The minimum Gasteiger partial charge on any atom is -0.442 e. The molecule has 2 amide bonds. The highest BCUT2D eigenvalue weighted by Crippen LogP contribution is 2.45. The van der Waals surface area contributed by atoms with Gasteiger partial charge in [-0.1, -0.05) is 35.3 Å². The van der Waals surface area contributed by atoms with Crippen LogP contribution in [0.1, 0.15) is 29.9 Å². The fourth-order valence-corrected chi connectivity index (χ4v) is 5.24. The molecule has 0 aromatic heterocycles. The molecule has 1 spiro atoms. The second-order valence-electron chi connectivity index (χ2n) is 8.60. The third-order valence-electron chi connectivity index (χ3n) is 6.55. The molecular formula is C23H20Cl2F4N2O4. The summed E-state index contributed by atoms with van der Waals surface area (Å²) in [7, 11) is 0. The van der Waals surface area contributed by atoms with Crippen molar-refractivity contribution in [2.24, 2.45) is 0 Å². The molecule has 0 aliphatic carbocycles. The van der Waals surface area contributed by atoms with Crippen LogP contribution in [0.15, 0.2) is 42.5 Å². The number of aliphatic hydroxyl groups is 1. The molecule has 188 valence electrons. The van der Waals surface area contributed by atoms with Gasteiger partial charge in [-0.15, -0.1) is 0 Å². The molecule has 2 aromatic carbocycles. The summed E-state index contributed by atoms with van der Waals surface area (Å²) in [6.07, 6.45) is -6.04. The number of amides is 2. The van der Waals surface area contributed by atoms with Crippen molar-refractivity contribution in [3.8, 4) is 0 Å². The maximum absolute atomic E-state index is 14.1. The molecule has 2 N–H and O–H groups in total. The largest absolute Gasteiger partial charge is 0.442 e. The van der Waals surface area contributed by atoms with Gasteiger partial charge in [-0.2, -0.15) is 13.2 Å². The van der Waals surface area contributed by atoms with Gasteiger partial charge in [0.25, 0.3) is 11.5 Å². The Labute approximate surface area is 207 Å². The minimum atomic E-state index is -5.37. The highest BCUT2D eigenvalue weighted by atomic mass is 35.5. The standard InChI is InChI=1S/C23H20Cl2F4N2O4/c24-15-9-14(10-16(25)11-15)22(34,23(27,28)29)19(32)31-7-5-21(6-8-31)18(12-30-20(33)35-21)13-1-3-17(26)4-2-13/h1-4,9-11,18,34H,5-8,12H2,(H,30,33). The molecule has 6 nitrogen and oxygen atoms in total. The molecule has 0 radical (unpaired) electrons. The monoisotopic (exact) mass is 534 g/mol. The number of rotatable bonds is 3. The number of benzene rings is 2. The molecule has 2 aromatic rings. The second kappa shape index (κ2) is 9.15. The summed E-state index contributed by atoms with van der Waals surface area (Å²) < 4.78 is 61.3. The summed E-state index contributed by atoms with van der Waals surface area (Å²) in [5.41, 5.74) is -5.13. The van der Waals surface area contributed by atoms with Gasteiger partial charge in [-0.3, -0.25) is 4.79 Å². The van der Waals surface area contributed by atoms with Gasteiger partial charge in [0.15, 0.2) is 0 Å². The maximum Gasteiger partial charge on any atom is 0.430 e. The van der Waals surface area contributed by atoms with Crippen molar-refractivity contribution in [2.75, 3.05) is 19.6 Å². The van der Waals surface area contributed by atoms with Gasteiger partial charge in [0.05, 0.1) is 0 Å². The zero-order valence-electron chi connectivity index (χ0n) is 18.0. The topological polar surface area (TPSA) is 78.9 Å². The molecule has 12 heteroatoms. The number of alkyl carbamates (subject to hydrolysis) is 1. The Morgan fingerprint density at radius 1 is 1.09 bits per heavy atom. The van der Waals surface area contributed by atoms with Crippen molar-refractivity contribution in [1.82, 2.24) is 10.2 Å². The average Bonchev–Trinajstić information content (AvgIpc) is 2.78. The van der Waals surface area contributed by atoms with E-state index in [1.165, 1.54) is 18.2 Å². The van der Waals surface area contributed by atoms with Crippen LogP contribution in [0.5, 0.6) is 0 Å². The lowest BCUT2D eigenvalue weighted by Crippen LogP contribution is -2.62. The van der Waals surface area contributed by atoms with E-state index in [-0.39, 0.29) is 42.5 Å². The predicted molar refractivity (Wildman–Crippen MR) is 119 cm³/mol. The highest BCUT2D eigenvalue weighted by Gasteiger charge is 2.63. The lowest BCUT2D eigenvalue weighted by molar-refractivity contribution is -0.262. The number of hydrogen-bond donors (Lipinski definition) is 2. The van der Waals surface area contributed by atoms with Gasteiger partial charge >= 0.3 is 12.3 Å². The molecule has 4 rings (SSSR count). The Hall–Kier alpha value is -2.56. The summed E-state index contributed by atoms with van der Waals surface area (Å²) >= 11 is 11.7. The van der Waals surface area contributed by atoms with Crippen LogP contribution < -0.4 is 5.32 Å². The second-order valence-corrected chi connectivity index (χ2v) is 9.47. The molecule has 2 unspecified atom stereocenters. The highest BCUT2D eigenvalue weighted by molar-refractivity contribution is 6.34. The molecule has 2 heterocycles. The maximum atomic E-state index is 14.1. The smallest absolute Gasteiger partial charge is 0.430 e. The molecule has 2 saturated heterocycles. The van der Waals surface area contributed by atoms with E-state index in [1.807, 2.05) is 0 Å². The molecule has 2 fully saturated rings. The first-order valence-electron chi connectivity index (χ1n) is 10.6. The number of alkyl halides is 3. The molecule has 35 heavy (non-hydrogen) atoms. The van der Waals surface area contributed by atoms with Crippen molar-refractivity contribution < 1.29 is 37.0 Å². The van der Waals surface area contributed by atoms with Crippen LogP contribution in [-0.4, -0.2) is 53.4 Å². The average molecular weight is 535 g/mol. The van der Waals surface area contributed by atoms with E-state index < -0.39 is 46.7 Å². The third kappa shape index (κ3) is 4.66. The SMILES string of the molecule is O=C1NCC(c2ccc(F)cc2)C2(CCN(C(=O)C(O)(c3cc(Cl)cc(Cl)c3)C(F)(F)F)CC2)O1. The van der Waals surface area contributed by atoms with Gasteiger partial charge in [-0.05, 0) is 35.9 Å². The van der Waals surface area contributed by atoms with Crippen LogP contribution in [0.2, 0.25) is 10.0 Å². The predicted octanol–water partition coefficient (Wildman–Crippen LogP) is 4.77. The fraction of sp³-hybridized carbons (Fsp3) is 0.391. The van der Waals surface area contributed by atoms with E-state index in [0.29, 0.717) is 5.56 Å². The Morgan fingerprint density at radius 3 is 2.20 bits per heavy atom. The third-order valence-corrected chi connectivity index (χ3v) is 6.99. The van der Waals surface area contributed by atoms with Crippen LogP contribution in [0.25, 0.3) is 0 Å². The van der Waals surface area contributed by atoms with E-state index in [2.05, 4.69) is 5.32 Å². The van der Waals surface area contributed by atoms with E-state index in [0.717, 1.165) is 17.0 Å². The van der Waals surface area contributed by atoms with Gasteiger partial charge in [0.2, 0.25) is 0 Å². The van der Waals surface area contributed by atoms with Crippen molar-refractivity contribution >= 4 is 35.2 Å². The number of halogens is 6. The Kier molecular flexibility index (Phi) is 6.67. The number of carbonyl (C=O) groups is 2. The summed E-state index contributed by atoms with van der Waals surface area (Å²) in [5.74, 6) is -2.46. The molecule has 2 aliphatic rings. The molecular weight excluding hydrogens is 515 g/mol. The molecule has 2 aliphatic heterocycles. The zero-order chi connectivity index (χ0) is 25.6. The van der Waals surface area contributed by atoms with E-state index in [1.54, 1.807) is 12.1 Å². The van der Waals surface area contributed by atoms with Gasteiger partial charge in [-0.25, -0.2) is 9.18 Å². The van der Waals surface area contributed by atoms with Crippen LogP contribution >= 0.6 is 23.2 Å². The first-order chi connectivity index (χ1) is 16.4. The Balaban J connectivity index is 1.62. The van der Waals surface area contributed by atoms with Crippen LogP contribution in [0.4, 0.5) is 22.4 Å². The van der Waals surface area contributed by atoms with Gasteiger partial charge < -0.3 is 20.1 Å². The molecule has 0 saturated carbocycles. The van der Waals surface area contributed by atoms with Crippen molar-refractivity contribution in [1.29, 1.82) is 0 Å². The van der Waals surface area contributed by atoms with Crippen LogP contribution in [0, 0.1) is 5.82 Å². The van der Waals surface area contributed by atoms with Gasteiger partial charge in [0.1, 0.15) is 11.4 Å². The number of hydrogen-bond acceptors (Lipinski definition) is 4. The lowest BCUT2D eigenvalue weighted by atomic mass is 9.74. The van der Waals surface area contributed by atoms with Crippen LogP contribution in [-0.2, 0) is 15.1 Å². The summed E-state index contributed by atoms with van der Waals surface area (Å²) in [6.45, 7) is -0.279. The number of carbonyl (C=O) groups excluding carboxylic acids is 2. The van der Waals surface area contributed by atoms with Crippen molar-refractivity contribution in [3.05, 3.63) is 69.5 Å². The van der Waals surface area contributed by atoms with Gasteiger partial charge in [0, 0.05) is 54.0 Å². The number of nitrogens with one attached hydrogen (secondary N) is 1. The van der Waals surface area contributed by atoms with E-state index in [4.69, 9.17) is 27.9 Å². The zero-order valence-corrected chi connectivity index (χ0v) is 19.6. The summed E-state index contributed by atoms with van der Waals surface area (Å²) in [5, 5.41) is 12.9. The number of nitrogens with zero attached hydrogens (tertiary/aromatic N) is 1. The number of piperidine rings is 1. The molecule has 0 bridgehead atoms. The lowest BCUT2D eigenvalue weighted by Gasteiger charge is -2.49. The fourth-order valence-electron chi connectivity index (χ4n) is 4.72. The number of likely N-dealkylation sites (tertiary alicyclic amines) is 1. The first kappa shape index (κ1) is 25.5. The number of ether oxygens (including phenoxy) is 1. The van der Waals surface area contributed by atoms with Crippen molar-refractivity contribution in [3.63, 3.8) is 0 Å². The quantitative estimate of drug-likeness (QED) is 0.556. The summed E-state index contributed by atoms with van der Waals surface area (Å²) in [6, 6.07) is 8.47. The Morgan fingerprint density at radius 2 is 1.66 bits per heavy atom. The van der Waals surface area contributed by atoms with Crippen molar-refractivity contribution in [2.45, 2.75) is 36.1 Å².